The highest BCUT2D eigenvalue weighted by molar-refractivity contribution is 6.15. The molecule has 0 unspecified atom stereocenters. The average molecular weight is 472 g/mol. The van der Waals surface area contributed by atoms with Crippen molar-refractivity contribution >= 4 is 23.3 Å². The first-order chi connectivity index (χ1) is 16.8. The molecular formula is C28H33N5O2. The Bertz CT molecular complexity index is 1200. The van der Waals surface area contributed by atoms with Gasteiger partial charge in [0.05, 0.1) is 5.56 Å². The molecule has 35 heavy (non-hydrogen) atoms. The molecule has 7 heteroatoms. The van der Waals surface area contributed by atoms with Crippen LogP contribution in [0.25, 0.3) is 0 Å². The predicted molar refractivity (Wildman–Crippen MR) is 139 cm³/mol. The molecular weight excluding hydrogens is 438 g/mol. The molecule has 0 saturated heterocycles. The van der Waals surface area contributed by atoms with Crippen LogP contribution in [0.4, 0.5) is 11.6 Å². The quantitative estimate of drug-likeness (QED) is 0.492. The van der Waals surface area contributed by atoms with E-state index in [0.29, 0.717) is 22.7 Å². The molecule has 7 nitrogen and oxygen atoms in total. The third-order valence-electron chi connectivity index (χ3n) is 6.43. The van der Waals surface area contributed by atoms with Crippen molar-refractivity contribution in [3.63, 3.8) is 0 Å². The Morgan fingerprint density at radius 1 is 0.857 bits per heavy atom. The Labute approximate surface area is 207 Å². The second kappa shape index (κ2) is 10.7. The minimum atomic E-state index is -0.195. The Morgan fingerprint density at radius 2 is 1.49 bits per heavy atom. The van der Waals surface area contributed by atoms with Gasteiger partial charge >= 0.3 is 0 Å². The van der Waals surface area contributed by atoms with Crippen LogP contribution < -0.4 is 15.5 Å². The number of aromatic nitrogens is 2. The van der Waals surface area contributed by atoms with Crippen molar-refractivity contribution in [2.45, 2.75) is 51.6 Å². The zero-order valence-corrected chi connectivity index (χ0v) is 20.8. The van der Waals surface area contributed by atoms with Crippen LogP contribution in [0.3, 0.4) is 0 Å². The number of hydrogen-bond acceptors (Lipinski definition) is 6. The van der Waals surface area contributed by atoms with Gasteiger partial charge in [-0.25, -0.2) is 9.97 Å². The second-order valence-electron chi connectivity index (χ2n) is 9.46. The van der Waals surface area contributed by atoms with Crippen molar-refractivity contribution in [1.29, 1.82) is 0 Å². The van der Waals surface area contributed by atoms with Gasteiger partial charge in [0.2, 0.25) is 0 Å². The molecule has 1 aromatic heterocycles. The highest BCUT2D eigenvalue weighted by Gasteiger charge is 2.25. The van der Waals surface area contributed by atoms with Crippen LogP contribution in [0, 0.1) is 13.8 Å². The molecule has 1 amide bonds. The Balaban J connectivity index is 1.37. The molecule has 0 aliphatic heterocycles. The maximum atomic E-state index is 13.1. The minimum Gasteiger partial charge on any atom is -0.367 e. The van der Waals surface area contributed by atoms with Gasteiger partial charge in [0.15, 0.2) is 5.78 Å². The van der Waals surface area contributed by atoms with Crippen molar-refractivity contribution in [2.24, 2.45) is 0 Å². The van der Waals surface area contributed by atoms with E-state index in [4.69, 9.17) is 0 Å². The lowest BCUT2D eigenvalue weighted by molar-refractivity contribution is 0.0917. The van der Waals surface area contributed by atoms with Crippen LogP contribution in [-0.2, 0) is 0 Å². The SMILES string of the molecule is Cc1ccc(C(=O)c2ccccc2C(=O)NC2CCC(Nc3cc(N(C)C)nc(C)n3)CC2)cc1. The topological polar surface area (TPSA) is 87.2 Å². The molecule has 1 saturated carbocycles. The third-order valence-corrected chi connectivity index (χ3v) is 6.43. The Hall–Kier alpha value is -3.74. The lowest BCUT2D eigenvalue weighted by atomic mass is 9.90. The van der Waals surface area contributed by atoms with Crippen LogP contribution in [0.2, 0.25) is 0 Å². The van der Waals surface area contributed by atoms with Crippen molar-refractivity contribution in [2.75, 3.05) is 24.3 Å². The zero-order valence-electron chi connectivity index (χ0n) is 20.8. The van der Waals surface area contributed by atoms with Gasteiger partial charge in [0.1, 0.15) is 17.5 Å². The number of nitrogens with zero attached hydrogens (tertiary/aromatic N) is 3. The van der Waals surface area contributed by atoms with Gasteiger partial charge in [0.25, 0.3) is 5.91 Å². The number of rotatable bonds is 7. The summed E-state index contributed by atoms with van der Waals surface area (Å²) < 4.78 is 0. The van der Waals surface area contributed by atoms with Crippen LogP contribution in [-0.4, -0.2) is 47.8 Å². The fourth-order valence-electron chi connectivity index (χ4n) is 4.45. The van der Waals surface area contributed by atoms with E-state index in [0.717, 1.165) is 48.7 Å². The molecule has 0 radical (unpaired) electrons. The number of anilines is 2. The maximum absolute atomic E-state index is 13.1. The summed E-state index contributed by atoms with van der Waals surface area (Å²) in [5.74, 6) is 2.11. The van der Waals surface area contributed by atoms with E-state index in [1.54, 1.807) is 36.4 Å². The van der Waals surface area contributed by atoms with E-state index in [1.807, 2.05) is 51.0 Å². The molecule has 0 bridgehead atoms. The number of carbonyl (C=O) groups excluding carboxylic acids is 2. The monoisotopic (exact) mass is 471 g/mol. The number of benzene rings is 2. The minimum absolute atomic E-state index is 0.0764. The number of carbonyl (C=O) groups is 2. The van der Waals surface area contributed by atoms with Crippen molar-refractivity contribution < 1.29 is 9.59 Å². The third kappa shape index (κ3) is 6.04. The van der Waals surface area contributed by atoms with Crippen LogP contribution in [0.1, 0.15) is 63.4 Å². The number of ketones is 1. The number of nitrogens with one attached hydrogen (secondary N) is 2. The summed E-state index contributed by atoms with van der Waals surface area (Å²) in [6.45, 7) is 3.88. The second-order valence-corrected chi connectivity index (χ2v) is 9.46. The largest absolute Gasteiger partial charge is 0.367 e. The zero-order chi connectivity index (χ0) is 24.9. The van der Waals surface area contributed by atoms with E-state index >= 15 is 0 Å². The van der Waals surface area contributed by atoms with Crippen LogP contribution in [0.5, 0.6) is 0 Å². The molecule has 1 aliphatic carbocycles. The summed E-state index contributed by atoms with van der Waals surface area (Å²) in [6.07, 6.45) is 3.58. The standard InChI is InChI=1S/C28H33N5O2/c1-18-9-11-20(12-10-18)27(34)23-7-5-6-8-24(23)28(35)32-22-15-13-21(14-16-22)31-25-17-26(33(3)4)30-19(2)29-25/h5-12,17,21-22H,13-16H2,1-4H3,(H,32,35)(H,29,30,31). The number of amides is 1. The van der Waals surface area contributed by atoms with Gasteiger partial charge in [-0.05, 0) is 45.6 Å². The summed E-state index contributed by atoms with van der Waals surface area (Å²) in [4.78, 5) is 37.1. The van der Waals surface area contributed by atoms with Gasteiger partial charge in [-0.3, -0.25) is 9.59 Å². The van der Waals surface area contributed by atoms with E-state index in [1.165, 1.54) is 0 Å². The molecule has 4 rings (SSSR count). The average Bonchev–Trinajstić information content (AvgIpc) is 2.85. The lowest BCUT2D eigenvalue weighted by Gasteiger charge is -2.30. The molecule has 182 valence electrons. The first-order valence-electron chi connectivity index (χ1n) is 12.1. The highest BCUT2D eigenvalue weighted by Crippen LogP contribution is 2.24. The van der Waals surface area contributed by atoms with Gasteiger partial charge in [0, 0.05) is 43.4 Å². The van der Waals surface area contributed by atoms with Crippen molar-refractivity contribution in [3.8, 4) is 0 Å². The van der Waals surface area contributed by atoms with Gasteiger partial charge in [-0.2, -0.15) is 0 Å². The molecule has 3 aromatic rings. The normalized spacial score (nSPS) is 17.5. The first-order valence-corrected chi connectivity index (χ1v) is 12.1. The van der Waals surface area contributed by atoms with E-state index < -0.39 is 0 Å². The molecule has 0 atom stereocenters. The Kier molecular flexibility index (Phi) is 7.44. The summed E-state index contributed by atoms with van der Waals surface area (Å²) in [7, 11) is 3.93. The molecule has 1 heterocycles. The highest BCUT2D eigenvalue weighted by atomic mass is 16.2. The fourth-order valence-corrected chi connectivity index (χ4v) is 4.45. The molecule has 1 aliphatic rings. The van der Waals surface area contributed by atoms with E-state index in [9.17, 15) is 9.59 Å². The Morgan fingerprint density at radius 3 is 2.14 bits per heavy atom. The smallest absolute Gasteiger partial charge is 0.252 e. The molecule has 0 spiro atoms. The molecule has 2 aromatic carbocycles. The van der Waals surface area contributed by atoms with Crippen LogP contribution in [0.15, 0.2) is 54.6 Å². The number of aryl methyl sites for hydroxylation is 2. The van der Waals surface area contributed by atoms with Crippen molar-refractivity contribution in [3.05, 3.63) is 82.7 Å². The summed E-state index contributed by atoms with van der Waals surface area (Å²) in [5.41, 5.74) is 2.52. The van der Waals surface area contributed by atoms with E-state index in [2.05, 4.69) is 20.6 Å². The molecule has 2 N–H and O–H groups in total. The summed E-state index contributed by atoms with van der Waals surface area (Å²) >= 11 is 0. The lowest BCUT2D eigenvalue weighted by Crippen LogP contribution is -2.40. The summed E-state index contributed by atoms with van der Waals surface area (Å²) in [6, 6.07) is 16.8. The first kappa shape index (κ1) is 24.4. The van der Waals surface area contributed by atoms with Crippen molar-refractivity contribution in [1.82, 2.24) is 15.3 Å². The fraction of sp³-hybridized carbons (Fsp3) is 0.357. The van der Waals surface area contributed by atoms with Crippen LogP contribution >= 0.6 is 0 Å². The predicted octanol–water partition coefficient (Wildman–Crippen LogP) is 4.54. The maximum Gasteiger partial charge on any atom is 0.252 e. The molecule has 1 fully saturated rings. The number of hydrogen-bond donors (Lipinski definition) is 2. The van der Waals surface area contributed by atoms with Gasteiger partial charge in [-0.15, -0.1) is 0 Å². The van der Waals surface area contributed by atoms with E-state index in [-0.39, 0.29) is 17.7 Å². The summed E-state index contributed by atoms with van der Waals surface area (Å²) in [5, 5.41) is 6.69. The van der Waals surface area contributed by atoms with Gasteiger partial charge < -0.3 is 15.5 Å². The van der Waals surface area contributed by atoms with Gasteiger partial charge in [-0.1, -0.05) is 48.0 Å².